The van der Waals surface area contributed by atoms with Crippen molar-refractivity contribution in [3.05, 3.63) is 61.0 Å². The van der Waals surface area contributed by atoms with Crippen LogP contribution in [0.25, 0.3) is 0 Å². The van der Waals surface area contributed by atoms with Crippen LogP contribution in [-0.4, -0.2) is 36.1 Å². The van der Waals surface area contributed by atoms with Gasteiger partial charge in [0.2, 0.25) is 0 Å². The second kappa shape index (κ2) is 6.78. The van der Waals surface area contributed by atoms with Crippen molar-refractivity contribution in [3.63, 3.8) is 0 Å². The number of nitrogens with zero attached hydrogens (tertiary/aromatic N) is 3. The van der Waals surface area contributed by atoms with E-state index in [1.54, 1.807) is 0 Å². The Morgan fingerprint density at radius 3 is 2.63 bits per heavy atom. The molecule has 1 aromatic rings. The van der Waals surface area contributed by atoms with Crippen molar-refractivity contribution in [2.75, 3.05) is 31.1 Å². The molecule has 0 spiro atoms. The van der Waals surface area contributed by atoms with E-state index in [1.165, 1.54) is 5.70 Å². The third-order valence-electron chi connectivity index (χ3n) is 3.24. The number of rotatable bonds is 4. The van der Waals surface area contributed by atoms with Crippen LogP contribution in [0.4, 0.5) is 5.82 Å². The van der Waals surface area contributed by atoms with E-state index >= 15 is 0 Å². The Bertz CT molecular complexity index is 454. The second-order valence-corrected chi connectivity index (χ2v) is 4.49. The van der Waals surface area contributed by atoms with Gasteiger partial charge in [0.25, 0.3) is 0 Å². The molecule has 100 valence electrons. The minimum absolute atomic E-state index is 1.00. The Morgan fingerprint density at radius 1 is 1.26 bits per heavy atom. The summed E-state index contributed by atoms with van der Waals surface area (Å²) in [7, 11) is 0. The maximum absolute atomic E-state index is 4.41. The fraction of sp³-hybridized carbons (Fsp3) is 0.312. The Morgan fingerprint density at radius 2 is 2.05 bits per heavy atom. The quantitative estimate of drug-likeness (QED) is 0.771. The van der Waals surface area contributed by atoms with Crippen LogP contribution in [0.3, 0.4) is 0 Å². The Kier molecular flexibility index (Phi) is 4.78. The summed E-state index contributed by atoms with van der Waals surface area (Å²) in [5.41, 5.74) is 1.23. The molecule has 2 rings (SSSR count). The number of allylic oxidation sites excluding steroid dienone is 4. The van der Waals surface area contributed by atoms with E-state index in [2.05, 4.69) is 45.7 Å². The summed E-state index contributed by atoms with van der Waals surface area (Å²) in [6, 6.07) is 6.07. The molecule has 1 aromatic heterocycles. The van der Waals surface area contributed by atoms with E-state index in [4.69, 9.17) is 0 Å². The first-order chi connectivity index (χ1) is 9.35. The summed E-state index contributed by atoms with van der Waals surface area (Å²) in [6.07, 6.45) is 9.97. The van der Waals surface area contributed by atoms with Crippen molar-refractivity contribution < 1.29 is 0 Å². The SMILES string of the molecule is C=C/C=C(\C=C/C)N1CCN(c2ccccn2)CC1. The summed E-state index contributed by atoms with van der Waals surface area (Å²) in [4.78, 5) is 9.13. The molecule has 0 aromatic carbocycles. The Balaban J connectivity index is 1.99. The van der Waals surface area contributed by atoms with Gasteiger partial charge in [0.05, 0.1) is 0 Å². The van der Waals surface area contributed by atoms with Crippen molar-refractivity contribution in [1.82, 2.24) is 9.88 Å². The zero-order valence-electron chi connectivity index (χ0n) is 11.5. The maximum Gasteiger partial charge on any atom is 0.128 e. The van der Waals surface area contributed by atoms with E-state index in [-0.39, 0.29) is 0 Å². The van der Waals surface area contributed by atoms with Gasteiger partial charge in [-0.25, -0.2) is 4.98 Å². The fourth-order valence-corrected chi connectivity index (χ4v) is 2.29. The van der Waals surface area contributed by atoms with Crippen LogP contribution in [0, 0.1) is 0 Å². The molecule has 1 aliphatic rings. The van der Waals surface area contributed by atoms with Gasteiger partial charge in [0, 0.05) is 38.1 Å². The summed E-state index contributed by atoms with van der Waals surface area (Å²) in [5, 5.41) is 0. The van der Waals surface area contributed by atoms with E-state index in [0.29, 0.717) is 0 Å². The third-order valence-corrected chi connectivity index (χ3v) is 3.24. The fourth-order valence-electron chi connectivity index (χ4n) is 2.29. The molecule has 0 radical (unpaired) electrons. The standard InChI is InChI=1S/C16H21N3/c1-3-7-15(8-4-2)18-11-13-19(14-12-18)16-9-5-6-10-17-16/h3-10H,1,11-14H2,2H3/b8-4-,15-7+. The van der Waals surface area contributed by atoms with E-state index in [1.807, 2.05) is 31.3 Å². The van der Waals surface area contributed by atoms with Gasteiger partial charge in [-0.3, -0.25) is 0 Å². The lowest BCUT2D eigenvalue weighted by Gasteiger charge is -2.37. The van der Waals surface area contributed by atoms with E-state index < -0.39 is 0 Å². The van der Waals surface area contributed by atoms with Crippen molar-refractivity contribution in [3.8, 4) is 0 Å². The van der Waals surface area contributed by atoms with E-state index in [9.17, 15) is 0 Å². The number of hydrogen-bond donors (Lipinski definition) is 0. The number of hydrogen-bond acceptors (Lipinski definition) is 3. The first-order valence-electron chi connectivity index (χ1n) is 6.71. The van der Waals surface area contributed by atoms with Crippen LogP contribution in [0.5, 0.6) is 0 Å². The Hall–Kier alpha value is -2.03. The van der Waals surface area contributed by atoms with Crippen LogP contribution in [0.2, 0.25) is 0 Å². The van der Waals surface area contributed by atoms with Crippen LogP contribution >= 0.6 is 0 Å². The summed E-state index contributed by atoms with van der Waals surface area (Å²) in [5.74, 6) is 1.07. The van der Waals surface area contributed by atoms with Gasteiger partial charge in [-0.15, -0.1) is 0 Å². The number of anilines is 1. The third kappa shape index (κ3) is 3.47. The minimum atomic E-state index is 1.00. The van der Waals surface area contributed by atoms with Gasteiger partial charge in [0.1, 0.15) is 5.82 Å². The average Bonchev–Trinajstić information content (AvgIpc) is 2.48. The highest BCUT2D eigenvalue weighted by atomic mass is 15.3. The number of aromatic nitrogens is 1. The van der Waals surface area contributed by atoms with Crippen LogP contribution in [0.1, 0.15) is 6.92 Å². The molecule has 0 saturated carbocycles. The van der Waals surface area contributed by atoms with Gasteiger partial charge in [-0.05, 0) is 31.2 Å². The molecular formula is C16H21N3. The molecule has 0 bridgehead atoms. The molecule has 1 fully saturated rings. The van der Waals surface area contributed by atoms with Crippen molar-refractivity contribution in [2.45, 2.75) is 6.92 Å². The minimum Gasteiger partial charge on any atom is -0.368 e. The van der Waals surface area contributed by atoms with Crippen molar-refractivity contribution in [2.24, 2.45) is 0 Å². The summed E-state index contributed by atoms with van der Waals surface area (Å²) >= 11 is 0. The molecule has 1 aliphatic heterocycles. The predicted octanol–water partition coefficient (Wildman–Crippen LogP) is 2.85. The lowest BCUT2D eigenvalue weighted by molar-refractivity contribution is 0.329. The molecule has 3 heteroatoms. The zero-order valence-corrected chi connectivity index (χ0v) is 11.5. The van der Waals surface area contributed by atoms with Gasteiger partial charge < -0.3 is 9.80 Å². The highest BCUT2D eigenvalue weighted by Crippen LogP contribution is 2.16. The van der Waals surface area contributed by atoms with Gasteiger partial charge in [-0.2, -0.15) is 0 Å². The molecule has 2 heterocycles. The largest absolute Gasteiger partial charge is 0.368 e. The van der Waals surface area contributed by atoms with Gasteiger partial charge in [0.15, 0.2) is 0 Å². The number of pyridine rings is 1. The smallest absolute Gasteiger partial charge is 0.128 e. The average molecular weight is 255 g/mol. The second-order valence-electron chi connectivity index (χ2n) is 4.49. The van der Waals surface area contributed by atoms with Crippen molar-refractivity contribution >= 4 is 5.82 Å². The summed E-state index contributed by atoms with van der Waals surface area (Å²) < 4.78 is 0. The highest BCUT2D eigenvalue weighted by molar-refractivity contribution is 5.38. The normalized spacial score (nSPS) is 17.0. The van der Waals surface area contributed by atoms with Crippen LogP contribution in [-0.2, 0) is 0 Å². The zero-order chi connectivity index (χ0) is 13.5. The maximum atomic E-state index is 4.41. The van der Waals surface area contributed by atoms with Gasteiger partial charge >= 0.3 is 0 Å². The molecule has 0 atom stereocenters. The van der Waals surface area contributed by atoms with E-state index in [0.717, 1.165) is 32.0 Å². The molecular weight excluding hydrogens is 234 g/mol. The summed E-state index contributed by atoms with van der Waals surface area (Å²) in [6.45, 7) is 9.86. The topological polar surface area (TPSA) is 19.4 Å². The van der Waals surface area contributed by atoms with Crippen LogP contribution in [0.15, 0.2) is 61.0 Å². The molecule has 3 nitrogen and oxygen atoms in total. The molecule has 19 heavy (non-hydrogen) atoms. The molecule has 0 aliphatic carbocycles. The lowest BCUT2D eigenvalue weighted by Crippen LogP contribution is -2.45. The molecule has 0 amide bonds. The predicted molar refractivity (Wildman–Crippen MR) is 81.1 cm³/mol. The first kappa shape index (κ1) is 13.4. The monoisotopic (exact) mass is 255 g/mol. The molecule has 0 N–H and O–H groups in total. The molecule has 1 saturated heterocycles. The lowest BCUT2D eigenvalue weighted by atomic mass is 10.2. The Labute approximate surface area is 115 Å². The van der Waals surface area contributed by atoms with Crippen molar-refractivity contribution in [1.29, 1.82) is 0 Å². The first-order valence-corrected chi connectivity index (χ1v) is 6.71. The van der Waals surface area contributed by atoms with Crippen LogP contribution < -0.4 is 4.90 Å². The van der Waals surface area contributed by atoms with Gasteiger partial charge in [-0.1, -0.05) is 24.8 Å². The highest BCUT2D eigenvalue weighted by Gasteiger charge is 2.18. The number of piperazine rings is 1. The molecule has 0 unspecified atom stereocenters.